The van der Waals surface area contributed by atoms with Crippen LogP contribution in [-0.4, -0.2) is 14.5 Å². The molecule has 90 valence electrons. The summed E-state index contributed by atoms with van der Waals surface area (Å²) in [5.74, 6) is 0.593. The van der Waals surface area contributed by atoms with Crippen molar-refractivity contribution < 1.29 is 0 Å². The van der Waals surface area contributed by atoms with E-state index in [0.717, 1.165) is 12.8 Å². The number of pyridine rings is 1. The maximum atomic E-state index is 4.10. The Hall–Kier alpha value is -1.64. The standard InChI is InChI=1S/C14H19N3/c1-3-13(14-4-6-15-7-5-14)10-12(2)17-9-8-16-11-17/h4-9,11-13H,3,10H2,1-2H3. The minimum Gasteiger partial charge on any atom is -0.335 e. The van der Waals surface area contributed by atoms with E-state index in [0.29, 0.717) is 12.0 Å². The number of hydrogen-bond donors (Lipinski definition) is 0. The summed E-state index contributed by atoms with van der Waals surface area (Å²) in [7, 11) is 0. The Morgan fingerprint density at radius 2 is 1.94 bits per heavy atom. The summed E-state index contributed by atoms with van der Waals surface area (Å²) in [5.41, 5.74) is 1.38. The van der Waals surface area contributed by atoms with E-state index in [1.165, 1.54) is 5.56 Å². The quantitative estimate of drug-likeness (QED) is 0.786. The minimum atomic E-state index is 0.482. The van der Waals surface area contributed by atoms with Gasteiger partial charge < -0.3 is 4.57 Å². The fourth-order valence-corrected chi connectivity index (χ4v) is 2.24. The molecule has 0 aliphatic rings. The molecule has 0 bridgehead atoms. The monoisotopic (exact) mass is 229 g/mol. The maximum Gasteiger partial charge on any atom is 0.0948 e. The highest BCUT2D eigenvalue weighted by Crippen LogP contribution is 2.28. The molecule has 17 heavy (non-hydrogen) atoms. The molecule has 2 aromatic heterocycles. The van der Waals surface area contributed by atoms with Gasteiger partial charge in [-0.05, 0) is 43.4 Å². The van der Waals surface area contributed by atoms with Gasteiger partial charge in [-0.1, -0.05) is 6.92 Å². The smallest absolute Gasteiger partial charge is 0.0948 e. The molecule has 0 aromatic carbocycles. The zero-order valence-corrected chi connectivity index (χ0v) is 10.5. The number of hydrogen-bond acceptors (Lipinski definition) is 2. The predicted octanol–water partition coefficient (Wildman–Crippen LogP) is 3.42. The first-order valence-electron chi connectivity index (χ1n) is 6.18. The molecule has 0 fully saturated rings. The van der Waals surface area contributed by atoms with Crippen LogP contribution in [0.25, 0.3) is 0 Å². The van der Waals surface area contributed by atoms with Crippen LogP contribution in [0, 0.1) is 0 Å². The lowest BCUT2D eigenvalue weighted by molar-refractivity contribution is 0.444. The van der Waals surface area contributed by atoms with Crippen molar-refractivity contribution in [3.05, 3.63) is 48.8 Å². The summed E-state index contributed by atoms with van der Waals surface area (Å²) in [4.78, 5) is 8.18. The van der Waals surface area contributed by atoms with Crippen molar-refractivity contribution in [1.82, 2.24) is 14.5 Å². The van der Waals surface area contributed by atoms with Crippen molar-refractivity contribution in [2.24, 2.45) is 0 Å². The first-order valence-corrected chi connectivity index (χ1v) is 6.18. The SMILES string of the molecule is CCC(CC(C)n1ccnc1)c1ccncc1. The summed E-state index contributed by atoms with van der Waals surface area (Å²) >= 11 is 0. The van der Waals surface area contributed by atoms with E-state index in [4.69, 9.17) is 0 Å². The second-order valence-corrected chi connectivity index (χ2v) is 4.48. The van der Waals surface area contributed by atoms with Gasteiger partial charge in [-0.15, -0.1) is 0 Å². The maximum absolute atomic E-state index is 4.10. The van der Waals surface area contributed by atoms with E-state index in [1.807, 2.05) is 31.1 Å². The van der Waals surface area contributed by atoms with Crippen LogP contribution < -0.4 is 0 Å². The Balaban J connectivity index is 2.06. The van der Waals surface area contributed by atoms with Crippen LogP contribution in [0.1, 0.15) is 44.2 Å². The van der Waals surface area contributed by atoms with E-state index >= 15 is 0 Å². The minimum absolute atomic E-state index is 0.482. The molecule has 2 atom stereocenters. The first kappa shape index (κ1) is 11.8. The van der Waals surface area contributed by atoms with Gasteiger partial charge in [0.1, 0.15) is 0 Å². The van der Waals surface area contributed by atoms with Gasteiger partial charge in [0.15, 0.2) is 0 Å². The van der Waals surface area contributed by atoms with E-state index in [2.05, 4.69) is 40.5 Å². The van der Waals surface area contributed by atoms with Gasteiger partial charge in [0.2, 0.25) is 0 Å². The number of nitrogens with zero attached hydrogens (tertiary/aromatic N) is 3. The van der Waals surface area contributed by atoms with Gasteiger partial charge in [-0.3, -0.25) is 4.98 Å². The highest BCUT2D eigenvalue weighted by atomic mass is 15.0. The molecular weight excluding hydrogens is 210 g/mol. The predicted molar refractivity (Wildman–Crippen MR) is 68.8 cm³/mol. The number of rotatable bonds is 5. The summed E-state index contributed by atoms with van der Waals surface area (Å²) in [6, 6.07) is 4.72. The molecule has 0 saturated heterocycles. The van der Waals surface area contributed by atoms with Crippen LogP contribution >= 0.6 is 0 Å². The van der Waals surface area contributed by atoms with Crippen molar-refractivity contribution in [2.75, 3.05) is 0 Å². The molecule has 3 heteroatoms. The van der Waals surface area contributed by atoms with Crippen LogP contribution in [-0.2, 0) is 0 Å². The summed E-state index contributed by atoms with van der Waals surface area (Å²) in [6.45, 7) is 4.48. The van der Waals surface area contributed by atoms with E-state index in [-0.39, 0.29) is 0 Å². The van der Waals surface area contributed by atoms with Gasteiger partial charge in [0.25, 0.3) is 0 Å². The first-order chi connectivity index (χ1) is 8.31. The summed E-state index contributed by atoms with van der Waals surface area (Å²) < 4.78 is 2.17. The van der Waals surface area contributed by atoms with Crippen molar-refractivity contribution in [3.63, 3.8) is 0 Å². The lowest BCUT2D eigenvalue weighted by Crippen LogP contribution is -2.08. The van der Waals surface area contributed by atoms with E-state index in [1.54, 1.807) is 0 Å². The Bertz CT molecular complexity index is 422. The Labute approximate surface area is 103 Å². The normalized spacial score (nSPS) is 14.5. The van der Waals surface area contributed by atoms with Gasteiger partial charge >= 0.3 is 0 Å². The zero-order valence-electron chi connectivity index (χ0n) is 10.5. The topological polar surface area (TPSA) is 30.7 Å². The third kappa shape index (κ3) is 2.93. The molecular formula is C14H19N3. The Morgan fingerprint density at radius 3 is 2.53 bits per heavy atom. The van der Waals surface area contributed by atoms with E-state index < -0.39 is 0 Å². The Kier molecular flexibility index (Phi) is 3.91. The van der Waals surface area contributed by atoms with E-state index in [9.17, 15) is 0 Å². The van der Waals surface area contributed by atoms with Crippen LogP contribution in [0.2, 0.25) is 0 Å². The second-order valence-electron chi connectivity index (χ2n) is 4.48. The number of aromatic nitrogens is 3. The second kappa shape index (κ2) is 5.62. The van der Waals surface area contributed by atoms with Crippen LogP contribution in [0.4, 0.5) is 0 Å². The van der Waals surface area contributed by atoms with Crippen molar-refractivity contribution >= 4 is 0 Å². The van der Waals surface area contributed by atoms with Crippen LogP contribution in [0.15, 0.2) is 43.2 Å². The summed E-state index contributed by atoms with van der Waals surface area (Å²) in [6.07, 6.45) is 11.8. The molecule has 2 rings (SSSR count). The fourth-order valence-electron chi connectivity index (χ4n) is 2.24. The third-order valence-corrected chi connectivity index (χ3v) is 3.33. The molecule has 2 aromatic rings. The lowest BCUT2D eigenvalue weighted by Gasteiger charge is -2.20. The number of imidazole rings is 1. The molecule has 0 N–H and O–H groups in total. The molecule has 3 nitrogen and oxygen atoms in total. The van der Waals surface area contributed by atoms with Gasteiger partial charge in [-0.25, -0.2) is 4.98 Å². The Morgan fingerprint density at radius 1 is 1.18 bits per heavy atom. The van der Waals surface area contributed by atoms with Gasteiger partial charge in [0, 0.05) is 30.8 Å². The molecule has 0 saturated carbocycles. The highest BCUT2D eigenvalue weighted by molar-refractivity contribution is 5.15. The lowest BCUT2D eigenvalue weighted by atomic mass is 9.91. The van der Waals surface area contributed by atoms with Crippen LogP contribution in [0.3, 0.4) is 0 Å². The molecule has 0 aliphatic heterocycles. The van der Waals surface area contributed by atoms with Crippen molar-refractivity contribution in [2.45, 2.75) is 38.6 Å². The fraction of sp³-hybridized carbons (Fsp3) is 0.429. The zero-order chi connectivity index (χ0) is 12.1. The van der Waals surface area contributed by atoms with Crippen molar-refractivity contribution in [3.8, 4) is 0 Å². The average molecular weight is 229 g/mol. The molecule has 0 aliphatic carbocycles. The molecule has 2 heterocycles. The van der Waals surface area contributed by atoms with Gasteiger partial charge in [0.05, 0.1) is 6.33 Å². The van der Waals surface area contributed by atoms with Gasteiger partial charge in [-0.2, -0.15) is 0 Å². The largest absolute Gasteiger partial charge is 0.335 e. The molecule has 0 amide bonds. The van der Waals surface area contributed by atoms with Crippen molar-refractivity contribution in [1.29, 1.82) is 0 Å². The highest BCUT2D eigenvalue weighted by Gasteiger charge is 2.14. The molecule has 0 spiro atoms. The summed E-state index contributed by atoms with van der Waals surface area (Å²) in [5, 5.41) is 0. The average Bonchev–Trinajstić information content (AvgIpc) is 2.90. The van der Waals surface area contributed by atoms with Crippen LogP contribution in [0.5, 0.6) is 0 Å². The third-order valence-electron chi connectivity index (χ3n) is 3.33. The molecule has 2 unspecified atom stereocenters. The molecule has 0 radical (unpaired) electrons.